The van der Waals surface area contributed by atoms with E-state index in [-0.39, 0.29) is 17.8 Å². The quantitative estimate of drug-likeness (QED) is 0.490. The van der Waals surface area contributed by atoms with Crippen molar-refractivity contribution < 1.29 is 9.72 Å². The number of aromatic nitrogens is 2. The van der Waals surface area contributed by atoms with Crippen molar-refractivity contribution in [3.05, 3.63) is 61.0 Å². The molecule has 152 valence electrons. The standard InChI is InChI=1S/C19H21N5O4S/c1-11-12(2)29-18-17(11)19(26)23(15(21-18)9-22(3)4)10-16(25)20-13-6-5-7-14(8-13)24(27)28/h5-8H,9-10H2,1-4H3,(H,20,25). The van der Waals surface area contributed by atoms with Crippen LogP contribution in [0.5, 0.6) is 0 Å². The molecule has 9 nitrogen and oxygen atoms in total. The van der Waals surface area contributed by atoms with Gasteiger partial charge in [0.15, 0.2) is 0 Å². The van der Waals surface area contributed by atoms with Gasteiger partial charge in [-0.25, -0.2) is 4.98 Å². The molecule has 0 aliphatic heterocycles. The van der Waals surface area contributed by atoms with Crippen molar-refractivity contribution in [3.8, 4) is 0 Å². The summed E-state index contributed by atoms with van der Waals surface area (Å²) in [4.78, 5) is 44.3. The van der Waals surface area contributed by atoms with Crippen LogP contribution in [0.15, 0.2) is 29.1 Å². The molecule has 0 saturated heterocycles. The molecule has 0 atom stereocenters. The van der Waals surface area contributed by atoms with Crippen LogP contribution in [0.2, 0.25) is 0 Å². The largest absolute Gasteiger partial charge is 0.324 e. The van der Waals surface area contributed by atoms with Gasteiger partial charge in [0.05, 0.1) is 16.9 Å². The van der Waals surface area contributed by atoms with Gasteiger partial charge in [-0.05, 0) is 39.6 Å². The number of hydrogen-bond donors (Lipinski definition) is 1. The van der Waals surface area contributed by atoms with Gasteiger partial charge >= 0.3 is 0 Å². The lowest BCUT2D eigenvalue weighted by molar-refractivity contribution is -0.384. The number of fused-ring (bicyclic) bond motifs is 1. The molecule has 1 aromatic carbocycles. The monoisotopic (exact) mass is 415 g/mol. The number of nitro benzene ring substituents is 1. The third-order valence-corrected chi connectivity index (χ3v) is 5.57. The fourth-order valence-corrected chi connectivity index (χ4v) is 4.02. The number of hydrogen-bond acceptors (Lipinski definition) is 7. The van der Waals surface area contributed by atoms with Gasteiger partial charge in [0.25, 0.3) is 11.2 Å². The number of thiophene rings is 1. The summed E-state index contributed by atoms with van der Waals surface area (Å²) in [7, 11) is 3.71. The maximum absolute atomic E-state index is 13.1. The number of amides is 1. The maximum atomic E-state index is 13.1. The van der Waals surface area contributed by atoms with Crippen LogP contribution >= 0.6 is 11.3 Å². The van der Waals surface area contributed by atoms with Gasteiger partial charge in [-0.2, -0.15) is 0 Å². The molecule has 0 aliphatic carbocycles. The highest BCUT2D eigenvalue weighted by molar-refractivity contribution is 7.18. The number of nitrogens with one attached hydrogen (secondary N) is 1. The molecule has 29 heavy (non-hydrogen) atoms. The first kappa shape index (κ1) is 20.6. The van der Waals surface area contributed by atoms with Gasteiger partial charge < -0.3 is 10.2 Å². The number of non-ortho nitro benzene ring substituents is 1. The molecule has 0 saturated carbocycles. The lowest BCUT2D eigenvalue weighted by Crippen LogP contribution is -2.32. The van der Waals surface area contributed by atoms with Crippen LogP contribution in [0.25, 0.3) is 10.2 Å². The van der Waals surface area contributed by atoms with E-state index in [0.717, 1.165) is 10.4 Å². The number of aryl methyl sites for hydroxylation is 2. The summed E-state index contributed by atoms with van der Waals surface area (Å²) < 4.78 is 1.37. The van der Waals surface area contributed by atoms with Gasteiger partial charge in [-0.3, -0.25) is 24.3 Å². The molecular formula is C19H21N5O4S. The Morgan fingerprint density at radius 2 is 2.07 bits per heavy atom. The first-order valence-electron chi connectivity index (χ1n) is 8.86. The van der Waals surface area contributed by atoms with Crippen LogP contribution < -0.4 is 10.9 Å². The molecule has 0 bridgehead atoms. The van der Waals surface area contributed by atoms with Gasteiger partial charge in [-0.15, -0.1) is 11.3 Å². The fourth-order valence-electron chi connectivity index (χ4n) is 2.98. The number of rotatable bonds is 6. The Kier molecular flexibility index (Phi) is 5.76. The molecular weight excluding hydrogens is 394 g/mol. The molecule has 1 N–H and O–H groups in total. The average molecular weight is 415 g/mol. The highest BCUT2D eigenvalue weighted by Gasteiger charge is 2.19. The molecule has 10 heteroatoms. The fraction of sp³-hybridized carbons (Fsp3) is 0.316. The Morgan fingerprint density at radius 3 is 2.72 bits per heavy atom. The molecule has 2 aromatic heterocycles. The molecule has 0 radical (unpaired) electrons. The average Bonchev–Trinajstić information content (AvgIpc) is 2.92. The minimum Gasteiger partial charge on any atom is -0.324 e. The smallest absolute Gasteiger partial charge is 0.271 e. The van der Waals surface area contributed by atoms with Gasteiger partial charge in [0.2, 0.25) is 5.91 Å². The number of anilines is 1. The Hall–Kier alpha value is -3.11. The molecule has 0 fully saturated rings. The molecule has 0 spiro atoms. The van der Waals surface area contributed by atoms with Crippen molar-refractivity contribution in [1.82, 2.24) is 14.5 Å². The van der Waals surface area contributed by atoms with Crippen molar-refractivity contribution in [2.75, 3.05) is 19.4 Å². The van der Waals surface area contributed by atoms with E-state index < -0.39 is 10.8 Å². The lowest BCUT2D eigenvalue weighted by atomic mass is 10.2. The first-order valence-corrected chi connectivity index (χ1v) is 9.67. The van der Waals surface area contributed by atoms with E-state index in [1.807, 2.05) is 32.8 Å². The summed E-state index contributed by atoms with van der Waals surface area (Å²) in [6.07, 6.45) is 0. The van der Waals surface area contributed by atoms with Crippen LogP contribution in [-0.2, 0) is 17.9 Å². The molecule has 2 heterocycles. The maximum Gasteiger partial charge on any atom is 0.271 e. The van der Waals surface area contributed by atoms with Crippen molar-refractivity contribution in [1.29, 1.82) is 0 Å². The molecule has 0 aliphatic rings. The zero-order chi connectivity index (χ0) is 21.3. The van der Waals surface area contributed by atoms with E-state index in [1.54, 1.807) is 6.07 Å². The highest BCUT2D eigenvalue weighted by Crippen LogP contribution is 2.26. The number of nitrogens with zero attached hydrogens (tertiary/aromatic N) is 4. The third-order valence-electron chi connectivity index (χ3n) is 4.47. The number of carbonyl (C=O) groups excluding carboxylic acids is 1. The highest BCUT2D eigenvalue weighted by atomic mass is 32.1. The second-order valence-corrected chi connectivity index (χ2v) is 8.18. The molecule has 0 unspecified atom stereocenters. The Balaban J connectivity index is 1.97. The Labute approximate surface area is 170 Å². The van der Waals surface area contributed by atoms with Crippen molar-refractivity contribution in [2.24, 2.45) is 0 Å². The predicted octanol–water partition coefficient (Wildman–Crippen LogP) is 2.68. The van der Waals surface area contributed by atoms with E-state index in [4.69, 9.17) is 0 Å². The van der Waals surface area contributed by atoms with E-state index in [1.165, 1.54) is 34.1 Å². The molecule has 1 amide bonds. The summed E-state index contributed by atoms with van der Waals surface area (Å²) in [6.45, 7) is 3.97. The summed E-state index contributed by atoms with van der Waals surface area (Å²) in [5.41, 5.74) is 0.776. The Bertz CT molecular complexity index is 1170. The Morgan fingerprint density at radius 1 is 1.34 bits per heavy atom. The topological polar surface area (TPSA) is 110 Å². The van der Waals surface area contributed by atoms with Gasteiger partial charge in [-0.1, -0.05) is 6.07 Å². The van der Waals surface area contributed by atoms with E-state index in [0.29, 0.717) is 28.3 Å². The summed E-state index contributed by atoms with van der Waals surface area (Å²) in [6, 6.07) is 5.66. The lowest BCUT2D eigenvalue weighted by Gasteiger charge is -2.16. The third kappa shape index (κ3) is 4.33. The van der Waals surface area contributed by atoms with Crippen molar-refractivity contribution >= 4 is 38.8 Å². The number of benzene rings is 1. The number of nitro groups is 1. The first-order chi connectivity index (χ1) is 13.7. The molecule has 3 rings (SSSR count). The molecule has 3 aromatic rings. The second kappa shape index (κ2) is 8.10. The van der Waals surface area contributed by atoms with E-state index >= 15 is 0 Å². The minimum atomic E-state index is -0.533. The van der Waals surface area contributed by atoms with Crippen LogP contribution in [0.3, 0.4) is 0 Å². The van der Waals surface area contributed by atoms with Crippen LogP contribution in [0, 0.1) is 24.0 Å². The zero-order valence-corrected chi connectivity index (χ0v) is 17.4. The summed E-state index contributed by atoms with van der Waals surface area (Å²) >= 11 is 1.46. The summed E-state index contributed by atoms with van der Waals surface area (Å²) in [5, 5.41) is 14.1. The minimum absolute atomic E-state index is 0.124. The van der Waals surface area contributed by atoms with Gasteiger partial charge in [0, 0.05) is 22.7 Å². The van der Waals surface area contributed by atoms with E-state index in [2.05, 4.69) is 10.3 Å². The van der Waals surface area contributed by atoms with Crippen LogP contribution in [-0.4, -0.2) is 39.4 Å². The van der Waals surface area contributed by atoms with Crippen molar-refractivity contribution in [2.45, 2.75) is 26.9 Å². The predicted molar refractivity (Wildman–Crippen MR) is 112 cm³/mol. The van der Waals surface area contributed by atoms with Crippen LogP contribution in [0.1, 0.15) is 16.3 Å². The van der Waals surface area contributed by atoms with Crippen molar-refractivity contribution in [3.63, 3.8) is 0 Å². The van der Waals surface area contributed by atoms with Crippen LogP contribution in [0.4, 0.5) is 11.4 Å². The van der Waals surface area contributed by atoms with Gasteiger partial charge in [0.1, 0.15) is 17.2 Å². The zero-order valence-electron chi connectivity index (χ0n) is 16.6. The number of carbonyl (C=O) groups is 1. The summed E-state index contributed by atoms with van der Waals surface area (Å²) in [5.74, 6) is 0.0290. The second-order valence-electron chi connectivity index (χ2n) is 6.98. The normalized spacial score (nSPS) is 11.2. The van der Waals surface area contributed by atoms with E-state index in [9.17, 15) is 19.7 Å². The SMILES string of the molecule is Cc1sc2nc(CN(C)C)n(CC(=O)Nc3cccc([N+](=O)[O-])c3)c(=O)c2c1C.